The van der Waals surface area contributed by atoms with Gasteiger partial charge in [0.25, 0.3) is 11.8 Å². The molecule has 2 N–H and O–H groups in total. The molecule has 2 aliphatic rings. The Morgan fingerprint density at radius 1 is 1.35 bits per heavy atom. The van der Waals surface area contributed by atoms with Crippen LogP contribution in [0.1, 0.15) is 45.3 Å². The summed E-state index contributed by atoms with van der Waals surface area (Å²) in [6.45, 7) is 3.15. The maximum Gasteiger partial charge on any atom is 0.274 e. The highest BCUT2D eigenvalue weighted by Gasteiger charge is 2.37. The van der Waals surface area contributed by atoms with Crippen LogP contribution in [-0.4, -0.2) is 45.7 Å². The second-order valence-electron chi connectivity index (χ2n) is 7.56. The van der Waals surface area contributed by atoms with Crippen LogP contribution < -0.4 is 11.3 Å². The molecule has 10 heteroatoms. The van der Waals surface area contributed by atoms with Crippen molar-refractivity contribution >= 4 is 23.4 Å². The predicted molar refractivity (Wildman–Crippen MR) is 111 cm³/mol. The molecule has 1 atom stereocenters. The third kappa shape index (κ3) is 3.84. The van der Waals surface area contributed by atoms with Gasteiger partial charge in [0.15, 0.2) is 6.23 Å². The minimum atomic E-state index is -0.757. The van der Waals surface area contributed by atoms with Gasteiger partial charge < -0.3 is 14.2 Å². The zero-order chi connectivity index (χ0) is 22.3. The number of hydrogen-bond donors (Lipinski definition) is 1. The summed E-state index contributed by atoms with van der Waals surface area (Å²) in [7, 11) is 0. The summed E-state index contributed by atoms with van der Waals surface area (Å²) in [6.07, 6.45) is 2.09. The number of fused-ring (bicyclic) bond motifs is 2. The van der Waals surface area contributed by atoms with Crippen molar-refractivity contribution in [1.29, 1.82) is 0 Å². The summed E-state index contributed by atoms with van der Waals surface area (Å²) in [5, 5.41) is 0.574. The van der Waals surface area contributed by atoms with Crippen LogP contribution in [-0.2, 0) is 24.2 Å². The molecule has 0 aliphatic carbocycles. The van der Waals surface area contributed by atoms with Crippen molar-refractivity contribution < 1.29 is 18.7 Å². The number of rotatable bonds is 4. The molecule has 31 heavy (non-hydrogen) atoms. The van der Waals surface area contributed by atoms with E-state index in [0.717, 1.165) is 5.01 Å². The Balaban J connectivity index is 1.66. The lowest BCUT2D eigenvalue weighted by Crippen LogP contribution is -2.53. The Bertz CT molecular complexity index is 1120. The van der Waals surface area contributed by atoms with Crippen LogP contribution in [0.15, 0.2) is 29.2 Å². The lowest BCUT2D eigenvalue weighted by Gasteiger charge is -2.40. The summed E-state index contributed by atoms with van der Waals surface area (Å²) >= 11 is 6.24. The number of amides is 2. The zero-order valence-corrected chi connectivity index (χ0v) is 17.7. The van der Waals surface area contributed by atoms with Crippen LogP contribution in [0.5, 0.6) is 0 Å². The number of nitrogens with two attached hydrogens (primary N) is 1. The first-order valence-corrected chi connectivity index (χ1v) is 10.4. The van der Waals surface area contributed by atoms with Gasteiger partial charge in [0.1, 0.15) is 22.1 Å². The number of pyridine rings is 1. The van der Waals surface area contributed by atoms with Gasteiger partial charge >= 0.3 is 0 Å². The van der Waals surface area contributed by atoms with E-state index in [4.69, 9.17) is 22.2 Å². The van der Waals surface area contributed by atoms with E-state index in [0.29, 0.717) is 37.1 Å². The van der Waals surface area contributed by atoms with Crippen molar-refractivity contribution in [2.24, 2.45) is 5.84 Å². The summed E-state index contributed by atoms with van der Waals surface area (Å²) in [6, 6.07) is 4.24. The molecule has 2 aliphatic heterocycles. The van der Waals surface area contributed by atoms with E-state index in [1.165, 1.54) is 22.9 Å². The Morgan fingerprint density at radius 3 is 2.87 bits per heavy atom. The van der Waals surface area contributed by atoms with Crippen LogP contribution >= 0.6 is 11.6 Å². The summed E-state index contributed by atoms with van der Waals surface area (Å²) in [4.78, 5) is 40.2. The molecule has 1 fully saturated rings. The molecule has 0 radical (unpaired) electrons. The highest BCUT2D eigenvalue weighted by Crippen LogP contribution is 2.26. The first kappa shape index (κ1) is 21.5. The Kier molecular flexibility index (Phi) is 5.83. The number of aryl methyl sites for hydroxylation is 1. The molecule has 2 amide bonds. The lowest BCUT2D eigenvalue weighted by molar-refractivity contribution is -0.0917. The number of nitrogens with zero attached hydrogens (tertiary/aromatic N) is 3. The molecule has 0 spiro atoms. The van der Waals surface area contributed by atoms with E-state index in [2.05, 4.69) is 0 Å². The number of halogens is 2. The number of aromatic nitrogens is 1. The number of hydrogen-bond acceptors (Lipinski definition) is 5. The molecular formula is C21H22ClFN4O4. The number of carbonyl (C=O) groups excluding carboxylic acids is 2. The number of ether oxygens (including phenoxy) is 1. The number of carbonyl (C=O) groups is 2. The normalized spacial score (nSPS) is 17.9. The van der Waals surface area contributed by atoms with Crippen molar-refractivity contribution in [2.45, 2.75) is 39.1 Å². The minimum absolute atomic E-state index is 0.0143. The van der Waals surface area contributed by atoms with Gasteiger partial charge in [-0.05, 0) is 36.1 Å². The zero-order valence-electron chi connectivity index (χ0n) is 16.9. The van der Waals surface area contributed by atoms with E-state index in [-0.39, 0.29) is 35.2 Å². The first-order valence-electron chi connectivity index (χ1n) is 10.0. The standard InChI is InChI=1S/C21H22ClFN4O4/c1-2-12-8-14(23)5-4-13(12)9-27(24)20(29)15-10-25-11-16-26(6-3-7-31-16)21(30)18(25)17(22)19(15)28/h4-5,8,10,16H,2-3,6-7,9,11,24H2,1H3. The molecule has 3 heterocycles. The molecule has 1 unspecified atom stereocenters. The molecule has 2 aromatic rings. The summed E-state index contributed by atoms with van der Waals surface area (Å²) in [5.74, 6) is 4.45. The monoisotopic (exact) mass is 448 g/mol. The number of benzene rings is 1. The molecule has 4 rings (SSSR count). The topological polar surface area (TPSA) is 97.9 Å². The SMILES string of the molecule is CCc1cc(F)ccc1CN(N)C(=O)c1cn2c(c(Cl)c1=O)C(=O)N1CCCOC1C2. The maximum absolute atomic E-state index is 13.5. The third-order valence-corrected chi connectivity index (χ3v) is 5.97. The van der Waals surface area contributed by atoms with E-state index < -0.39 is 23.5 Å². The lowest BCUT2D eigenvalue weighted by atomic mass is 10.0. The van der Waals surface area contributed by atoms with Gasteiger partial charge in [-0.25, -0.2) is 10.2 Å². The molecular weight excluding hydrogens is 427 g/mol. The fourth-order valence-corrected chi connectivity index (χ4v) is 4.30. The third-order valence-electron chi connectivity index (χ3n) is 5.62. The Morgan fingerprint density at radius 2 is 2.13 bits per heavy atom. The van der Waals surface area contributed by atoms with Gasteiger partial charge in [0, 0.05) is 12.7 Å². The van der Waals surface area contributed by atoms with Gasteiger partial charge in [0.05, 0.1) is 19.7 Å². The highest BCUT2D eigenvalue weighted by molar-refractivity contribution is 6.33. The van der Waals surface area contributed by atoms with E-state index in [9.17, 15) is 18.8 Å². The molecule has 1 aromatic carbocycles. The van der Waals surface area contributed by atoms with Gasteiger partial charge in [-0.15, -0.1) is 0 Å². The average molecular weight is 449 g/mol. The Hall–Kier alpha value is -2.75. The summed E-state index contributed by atoms with van der Waals surface area (Å²) in [5.41, 5.74) is 0.427. The van der Waals surface area contributed by atoms with Crippen molar-refractivity contribution in [3.63, 3.8) is 0 Å². The molecule has 1 saturated heterocycles. The van der Waals surface area contributed by atoms with Crippen LogP contribution in [0.2, 0.25) is 5.02 Å². The molecule has 164 valence electrons. The van der Waals surface area contributed by atoms with Gasteiger partial charge in [-0.1, -0.05) is 24.6 Å². The van der Waals surface area contributed by atoms with E-state index in [1.54, 1.807) is 11.0 Å². The summed E-state index contributed by atoms with van der Waals surface area (Å²) < 4.78 is 20.6. The van der Waals surface area contributed by atoms with Crippen LogP contribution in [0.25, 0.3) is 0 Å². The second-order valence-corrected chi connectivity index (χ2v) is 7.94. The Labute approximate surface area is 182 Å². The highest BCUT2D eigenvalue weighted by atomic mass is 35.5. The smallest absolute Gasteiger partial charge is 0.274 e. The predicted octanol–water partition coefficient (Wildman–Crippen LogP) is 1.92. The van der Waals surface area contributed by atoms with Crippen molar-refractivity contribution in [3.05, 3.63) is 67.8 Å². The fourth-order valence-electron chi connectivity index (χ4n) is 4.01. The largest absolute Gasteiger partial charge is 0.356 e. The minimum Gasteiger partial charge on any atom is -0.356 e. The molecule has 0 saturated carbocycles. The average Bonchev–Trinajstić information content (AvgIpc) is 2.76. The second kappa shape index (κ2) is 8.41. The molecule has 8 nitrogen and oxygen atoms in total. The maximum atomic E-state index is 13.5. The van der Waals surface area contributed by atoms with Crippen LogP contribution in [0.4, 0.5) is 4.39 Å². The van der Waals surface area contributed by atoms with Crippen LogP contribution in [0, 0.1) is 5.82 Å². The molecule has 1 aromatic heterocycles. The number of hydrazine groups is 1. The van der Waals surface area contributed by atoms with E-state index >= 15 is 0 Å². The molecule has 0 bridgehead atoms. The first-order chi connectivity index (χ1) is 14.8. The van der Waals surface area contributed by atoms with Crippen molar-refractivity contribution in [1.82, 2.24) is 14.5 Å². The van der Waals surface area contributed by atoms with Gasteiger partial charge in [-0.3, -0.25) is 19.4 Å². The fraction of sp³-hybridized carbons (Fsp3) is 0.381. The van der Waals surface area contributed by atoms with Gasteiger partial charge in [0.2, 0.25) is 5.43 Å². The van der Waals surface area contributed by atoms with Gasteiger partial charge in [-0.2, -0.15) is 0 Å². The van der Waals surface area contributed by atoms with Crippen molar-refractivity contribution in [2.75, 3.05) is 13.2 Å². The van der Waals surface area contributed by atoms with Crippen LogP contribution in [0.3, 0.4) is 0 Å². The van der Waals surface area contributed by atoms with E-state index in [1.807, 2.05) is 6.92 Å². The van der Waals surface area contributed by atoms with Crippen molar-refractivity contribution in [3.8, 4) is 0 Å². The quantitative estimate of drug-likeness (QED) is 0.438.